The number of hydrogen-bond donors (Lipinski definition) is 7. The monoisotopic (exact) mass is 1150 g/mol. The van der Waals surface area contributed by atoms with Crippen molar-refractivity contribution in [3.05, 3.63) is 179 Å². The first-order chi connectivity index (χ1) is 41.1. The highest BCUT2D eigenvalue weighted by atomic mass is 16.7. The number of nitrogens with two attached hydrogens (primary N) is 1. The van der Waals surface area contributed by atoms with Crippen molar-refractivity contribution in [1.29, 1.82) is 0 Å². The SMILES string of the molecule is COc1ccc(C(=NCCN)c2ccc(Oc3ccc(C)cc3)cc2)cc1.COc1ccc(C(=NCCNC(=O)C2O[C@@H](OC3C(C(=O)O)OC(OC)C(O)C3O)C(O)[C@@H](O)[C@@H]2OC)c2ccc(Oc3ccc(C)cc3)cc2)cc1.[2H]CC.[3H]C. The van der Waals surface area contributed by atoms with Gasteiger partial charge in [0, 0.05) is 52.3 Å². The molecule has 0 bridgehead atoms. The minimum atomic E-state index is -1.87. The molecule has 6 aromatic rings. The lowest BCUT2D eigenvalue weighted by atomic mass is 9.96. The second-order valence-corrected chi connectivity index (χ2v) is 18.6. The van der Waals surface area contributed by atoms with Crippen LogP contribution < -0.4 is 30.0 Å². The van der Waals surface area contributed by atoms with E-state index in [0.29, 0.717) is 42.9 Å². The summed E-state index contributed by atoms with van der Waals surface area (Å²) in [7, 11) is 6.82. The fourth-order valence-corrected chi connectivity index (χ4v) is 8.63. The van der Waals surface area contributed by atoms with Gasteiger partial charge in [0.25, 0.3) is 5.91 Å². The number of aliphatic carboxylic acids is 1. The summed E-state index contributed by atoms with van der Waals surface area (Å²) in [6, 6.07) is 46.2. The summed E-state index contributed by atoms with van der Waals surface area (Å²) in [4.78, 5) is 34.8. The second-order valence-electron chi connectivity index (χ2n) is 18.6. The van der Waals surface area contributed by atoms with Crippen LogP contribution in [0.3, 0.4) is 0 Å². The number of ether oxygens (including phenoxy) is 9. The first-order valence-corrected chi connectivity index (χ1v) is 26.4. The van der Waals surface area contributed by atoms with Gasteiger partial charge in [0.05, 0.1) is 38.7 Å². The molecule has 0 radical (unpaired) electrons. The molecule has 0 aliphatic carbocycles. The lowest BCUT2D eigenvalue weighted by Gasteiger charge is -2.45. The van der Waals surface area contributed by atoms with Gasteiger partial charge in [-0.2, -0.15) is 0 Å². The third-order valence-corrected chi connectivity index (χ3v) is 13.0. The highest BCUT2D eigenvalue weighted by Gasteiger charge is 2.54. The third kappa shape index (κ3) is 17.9. The molecular formula is C63H78N4O16. The molecule has 7 unspecified atom stereocenters. The zero-order chi connectivity index (χ0) is 62.0. The first kappa shape index (κ1) is 63.0. The Hall–Kier alpha value is -7.60. The lowest BCUT2D eigenvalue weighted by Crippen LogP contribution is -2.66. The van der Waals surface area contributed by atoms with Crippen LogP contribution in [-0.4, -0.2) is 165 Å². The van der Waals surface area contributed by atoms with E-state index in [4.69, 9.17) is 56.1 Å². The molecule has 2 aliphatic heterocycles. The van der Waals surface area contributed by atoms with E-state index in [1.807, 2.05) is 140 Å². The zero-order valence-corrected chi connectivity index (χ0v) is 47.9. The predicted molar refractivity (Wildman–Crippen MR) is 314 cm³/mol. The number of benzene rings is 6. The van der Waals surface area contributed by atoms with Crippen LogP contribution in [0.2, 0.25) is 0 Å². The molecule has 0 saturated carbocycles. The van der Waals surface area contributed by atoms with Crippen molar-refractivity contribution in [2.45, 2.75) is 96.5 Å². The molecule has 446 valence electrons. The number of carboxylic acids is 1. The van der Waals surface area contributed by atoms with Gasteiger partial charge in [0.2, 0.25) is 0 Å². The highest BCUT2D eigenvalue weighted by molar-refractivity contribution is 6.13. The maximum atomic E-state index is 13.4. The molecule has 0 spiro atoms. The molecule has 83 heavy (non-hydrogen) atoms. The molecule has 20 heteroatoms. The predicted octanol–water partition coefficient (Wildman–Crippen LogP) is 7.03. The van der Waals surface area contributed by atoms with Gasteiger partial charge in [-0.25, -0.2) is 4.79 Å². The van der Waals surface area contributed by atoms with Crippen molar-refractivity contribution >= 4 is 23.3 Å². The molecule has 2 aliphatic rings. The number of amides is 1. The fraction of sp³-hybridized carbons (Fsp3) is 0.365. The Balaban J connectivity index is 0.000000344. The Kier molecular flexibility index (Phi) is 25.0. The van der Waals surface area contributed by atoms with E-state index < -0.39 is 73.3 Å². The summed E-state index contributed by atoms with van der Waals surface area (Å²) in [6.07, 6.45) is -17.1. The number of carbonyl (C=O) groups is 2. The van der Waals surface area contributed by atoms with Crippen molar-refractivity contribution in [3.63, 3.8) is 0 Å². The van der Waals surface area contributed by atoms with Crippen molar-refractivity contribution in [2.24, 2.45) is 15.7 Å². The summed E-state index contributed by atoms with van der Waals surface area (Å²) >= 11 is 0. The number of rotatable bonds is 21. The average Bonchev–Trinajstić information content (AvgIpc) is 3.49. The number of aliphatic hydroxyl groups excluding tert-OH is 4. The largest absolute Gasteiger partial charge is 0.497 e. The molecule has 2 heterocycles. The lowest BCUT2D eigenvalue weighted by molar-refractivity contribution is -0.348. The van der Waals surface area contributed by atoms with Gasteiger partial charge in [-0.3, -0.25) is 14.8 Å². The van der Waals surface area contributed by atoms with Gasteiger partial charge in [0.1, 0.15) is 71.1 Å². The number of hydrogen-bond acceptors (Lipinski definition) is 18. The Labute approximate surface area is 487 Å². The maximum absolute atomic E-state index is 13.4. The van der Waals surface area contributed by atoms with E-state index in [-0.39, 0.29) is 13.1 Å². The molecule has 0 aromatic heterocycles. The fourth-order valence-electron chi connectivity index (χ4n) is 8.63. The molecule has 10 atom stereocenters. The molecule has 2 saturated heterocycles. The van der Waals surface area contributed by atoms with Crippen molar-refractivity contribution in [2.75, 3.05) is 54.6 Å². The molecular weight excluding hydrogens is 1070 g/mol. The number of aliphatic imine (C=N–C) groups is 2. The van der Waals surface area contributed by atoms with Crippen LogP contribution in [0.15, 0.2) is 156 Å². The van der Waals surface area contributed by atoms with E-state index in [1.54, 1.807) is 33.3 Å². The smallest absolute Gasteiger partial charge is 0.335 e. The van der Waals surface area contributed by atoms with Gasteiger partial charge >= 0.3 is 5.97 Å². The molecule has 1 amide bonds. The Bertz CT molecular complexity index is 3000. The summed E-state index contributed by atoms with van der Waals surface area (Å²) in [5, 5.41) is 55.0. The molecule has 8 N–H and O–H groups in total. The molecule has 8 rings (SSSR count). The average molecular weight is 1150 g/mol. The van der Waals surface area contributed by atoms with Gasteiger partial charge in [-0.15, -0.1) is 0 Å². The van der Waals surface area contributed by atoms with Crippen LogP contribution in [0.4, 0.5) is 0 Å². The number of carbonyl (C=O) groups excluding carboxylic acids is 1. The van der Waals surface area contributed by atoms with Crippen LogP contribution in [0.25, 0.3) is 0 Å². The van der Waals surface area contributed by atoms with Crippen molar-refractivity contribution in [1.82, 2.24) is 5.32 Å². The van der Waals surface area contributed by atoms with Crippen LogP contribution in [0.1, 0.15) is 57.3 Å². The number of nitrogens with zero attached hydrogens (tertiary/aromatic N) is 2. The number of nitrogens with one attached hydrogen (secondary N) is 1. The van der Waals surface area contributed by atoms with E-state index >= 15 is 0 Å². The number of carboxylic acid groups (broad SMARTS) is 1. The summed E-state index contributed by atoms with van der Waals surface area (Å²) in [6.45, 7) is 7.54. The quantitative estimate of drug-likeness (QED) is 0.0281. The molecule has 20 nitrogen and oxygen atoms in total. The van der Waals surface area contributed by atoms with Crippen LogP contribution >= 0.6 is 0 Å². The Morgan fingerprint density at radius 2 is 0.928 bits per heavy atom. The number of aliphatic hydroxyl groups is 4. The van der Waals surface area contributed by atoms with Gasteiger partial charge in [-0.1, -0.05) is 56.6 Å². The van der Waals surface area contributed by atoms with Crippen molar-refractivity contribution < 1.29 is 80.5 Å². The van der Waals surface area contributed by atoms with Gasteiger partial charge < -0.3 is 79.2 Å². The molecule has 2 fully saturated rings. The Morgan fingerprint density at radius 1 is 0.566 bits per heavy atom. The second kappa shape index (κ2) is 32.9. The summed E-state index contributed by atoms with van der Waals surface area (Å²) in [5.41, 5.74) is 13.1. The van der Waals surface area contributed by atoms with E-state index in [1.165, 1.54) is 20.1 Å². The minimum absolute atomic E-state index is 0.00837. The van der Waals surface area contributed by atoms with Crippen molar-refractivity contribution in [3.8, 4) is 34.5 Å². The number of methoxy groups -OCH3 is 4. The van der Waals surface area contributed by atoms with E-state index in [0.717, 1.165) is 57.9 Å². The van der Waals surface area contributed by atoms with E-state index in [9.17, 15) is 35.1 Å². The summed E-state index contributed by atoms with van der Waals surface area (Å²) < 4.78 is 61.1. The van der Waals surface area contributed by atoms with Crippen LogP contribution in [0, 0.1) is 13.8 Å². The minimum Gasteiger partial charge on any atom is -0.497 e. The normalized spacial score (nSPS) is 22.5. The van der Waals surface area contributed by atoms with Crippen LogP contribution in [-0.2, 0) is 33.3 Å². The standard InChI is InChI=1S/C37H44N2O14.C23H24N2O2.C2H6.CH4/c1-19-5-11-23(12-6-19)50-24-15-9-21(10-16-24)25(20-7-13-22(47-2)14-8-20)38-17-18-39-34(44)32-30(48-3)26(40)29(43)37(52-32)51-31-27(41)28(42)36(49-4)53-33(31)35(45)46;1-17-3-9-21(10-4-17)27-22-13-7-19(8-14-22)23(25-16-15-24)18-5-11-20(26-2)12-6-18;1-2;/h5-16,26-33,36-37,40-43H,17-18H2,1-4H3,(H,39,44)(H,45,46);3-14H,15-16,24H2,1-2H3;1-2H3;1H4/t26-,27?,28?,29?,30+,31?,32?,33?,36?,37-;;;/m1.../s1/i;;1D;1T. The highest BCUT2D eigenvalue weighted by Crippen LogP contribution is 2.31. The number of aryl methyl sites for hydroxylation is 2. The van der Waals surface area contributed by atoms with Crippen LogP contribution in [0.5, 0.6) is 34.5 Å². The summed E-state index contributed by atoms with van der Waals surface area (Å²) in [5.74, 6) is 2.09. The third-order valence-electron chi connectivity index (χ3n) is 13.0. The van der Waals surface area contributed by atoms with Gasteiger partial charge in [-0.05, 0) is 135 Å². The zero-order valence-electron chi connectivity index (χ0n) is 49.9. The molecule has 6 aromatic carbocycles. The first-order valence-electron chi connectivity index (χ1n) is 28.1. The Morgan fingerprint density at radius 3 is 1.30 bits per heavy atom. The maximum Gasteiger partial charge on any atom is 0.335 e. The van der Waals surface area contributed by atoms with Gasteiger partial charge in [0.15, 0.2) is 24.8 Å². The topological polar surface area (TPSA) is 281 Å². The van der Waals surface area contributed by atoms with E-state index in [2.05, 4.69) is 17.2 Å².